The highest BCUT2D eigenvalue weighted by molar-refractivity contribution is 5.90. The first-order chi connectivity index (χ1) is 7.26. The molecule has 6 heteroatoms. The van der Waals surface area contributed by atoms with Crippen molar-refractivity contribution in [3.05, 3.63) is 0 Å². The molecule has 6 nitrogen and oxygen atoms in total. The van der Waals surface area contributed by atoms with Crippen LogP contribution in [0, 0.1) is 0 Å². The minimum atomic E-state index is -0.917. The van der Waals surface area contributed by atoms with Crippen molar-refractivity contribution in [2.45, 2.75) is 39.3 Å². The predicted molar refractivity (Wildman–Crippen MR) is 61.3 cm³/mol. The molecular formula is C10H21N3O3. The topological polar surface area (TPSA) is 88.2 Å². The van der Waals surface area contributed by atoms with Crippen LogP contribution in [-0.4, -0.2) is 47.1 Å². The molecule has 0 unspecified atom stereocenters. The molecule has 3 N–H and O–H groups in total. The number of methoxy groups -OCH3 is 1. The maximum absolute atomic E-state index is 12.1. The molecule has 0 spiro atoms. The van der Waals surface area contributed by atoms with Crippen LogP contribution in [0.4, 0.5) is 0 Å². The number of hydrogen-bond acceptors (Lipinski definition) is 4. The number of oxime groups is 1. The van der Waals surface area contributed by atoms with Crippen molar-refractivity contribution in [2.24, 2.45) is 10.9 Å². The largest absolute Gasteiger partial charge is 0.409 e. The van der Waals surface area contributed by atoms with Crippen LogP contribution in [-0.2, 0) is 9.53 Å². The summed E-state index contributed by atoms with van der Waals surface area (Å²) in [5, 5.41) is 11.4. The van der Waals surface area contributed by atoms with Crippen LogP contribution in [0.15, 0.2) is 5.16 Å². The summed E-state index contributed by atoms with van der Waals surface area (Å²) in [4.78, 5) is 13.6. The molecule has 1 amide bonds. The molecule has 0 atom stereocenters. The van der Waals surface area contributed by atoms with Gasteiger partial charge in [-0.15, -0.1) is 0 Å². The Balaban J connectivity index is 4.87. The lowest BCUT2D eigenvalue weighted by Crippen LogP contribution is -2.52. The molecule has 0 saturated carbocycles. The lowest BCUT2D eigenvalue weighted by Gasteiger charge is -2.33. The Labute approximate surface area is 96.0 Å². The Hall–Kier alpha value is -1.30. The van der Waals surface area contributed by atoms with Crippen molar-refractivity contribution in [2.75, 3.05) is 13.7 Å². The van der Waals surface area contributed by atoms with Crippen LogP contribution in [0.5, 0.6) is 0 Å². The molecule has 0 heterocycles. The first-order valence-corrected chi connectivity index (χ1v) is 5.09. The Kier molecular flexibility index (Phi) is 5.23. The second-order valence-electron chi connectivity index (χ2n) is 4.33. The number of carbonyl (C=O) groups is 1. The molecule has 0 rings (SSSR count). The van der Waals surface area contributed by atoms with E-state index >= 15 is 0 Å². The van der Waals surface area contributed by atoms with Crippen molar-refractivity contribution in [3.63, 3.8) is 0 Å². The highest BCUT2D eigenvalue weighted by atomic mass is 16.5. The molecule has 0 aliphatic rings. The molecule has 0 radical (unpaired) electrons. The molecule has 0 aliphatic carbocycles. The highest BCUT2D eigenvalue weighted by Gasteiger charge is 2.33. The molecular weight excluding hydrogens is 210 g/mol. The van der Waals surface area contributed by atoms with Crippen LogP contribution >= 0.6 is 0 Å². The summed E-state index contributed by atoms with van der Waals surface area (Å²) < 4.78 is 5.11. The minimum Gasteiger partial charge on any atom is -0.409 e. The van der Waals surface area contributed by atoms with E-state index in [-0.39, 0.29) is 24.3 Å². The Morgan fingerprint density at radius 2 is 2.06 bits per heavy atom. The van der Waals surface area contributed by atoms with Crippen molar-refractivity contribution < 1.29 is 14.7 Å². The number of carbonyl (C=O) groups excluding carboxylic acids is 1. The maximum Gasteiger partial charge on any atom is 0.254 e. The van der Waals surface area contributed by atoms with Crippen molar-refractivity contribution >= 4 is 11.7 Å². The second-order valence-corrected chi connectivity index (χ2v) is 4.33. The van der Waals surface area contributed by atoms with Crippen LogP contribution in [0.2, 0.25) is 0 Å². The van der Waals surface area contributed by atoms with Gasteiger partial charge in [-0.3, -0.25) is 4.79 Å². The van der Waals surface area contributed by atoms with Gasteiger partial charge in [0.1, 0.15) is 5.60 Å². The first-order valence-electron chi connectivity index (χ1n) is 5.09. The minimum absolute atomic E-state index is 0.00560. The Bertz CT molecular complexity index is 274. The third-order valence-corrected chi connectivity index (χ3v) is 2.37. The van der Waals surface area contributed by atoms with Crippen molar-refractivity contribution in [3.8, 4) is 0 Å². The van der Waals surface area contributed by atoms with E-state index in [1.54, 1.807) is 13.8 Å². The van der Waals surface area contributed by atoms with Crippen LogP contribution in [0.25, 0.3) is 0 Å². The van der Waals surface area contributed by atoms with E-state index in [9.17, 15) is 4.79 Å². The van der Waals surface area contributed by atoms with E-state index in [4.69, 9.17) is 15.7 Å². The number of amidine groups is 1. The van der Waals surface area contributed by atoms with Crippen molar-refractivity contribution in [1.29, 1.82) is 0 Å². The van der Waals surface area contributed by atoms with E-state index in [1.165, 1.54) is 12.0 Å². The second kappa shape index (κ2) is 5.69. The zero-order chi connectivity index (χ0) is 12.9. The van der Waals surface area contributed by atoms with Gasteiger partial charge in [0.15, 0.2) is 5.84 Å². The molecule has 0 bridgehead atoms. The number of hydrogen-bond donors (Lipinski definition) is 2. The summed E-state index contributed by atoms with van der Waals surface area (Å²) >= 11 is 0. The van der Waals surface area contributed by atoms with Gasteiger partial charge in [0, 0.05) is 13.2 Å². The third kappa shape index (κ3) is 3.69. The van der Waals surface area contributed by atoms with Gasteiger partial charge in [-0.05, 0) is 27.7 Å². The van der Waals surface area contributed by atoms with E-state index < -0.39 is 5.60 Å². The number of nitrogens with two attached hydrogens (primary N) is 1. The van der Waals surface area contributed by atoms with Crippen molar-refractivity contribution in [1.82, 2.24) is 4.90 Å². The van der Waals surface area contributed by atoms with Gasteiger partial charge in [-0.25, -0.2) is 0 Å². The molecule has 94 valence electrons. The third-order valence-electron chi connectivity index (χ3n) is 2.37. The lowest BCUT2D eigenvalue weighted by molar-refractivity contribution is -0.151. The Morgan fingerprint density at radius 3 is 2.38 bits per heavy atom. The van der Waals surface area contributed by atoms with Gasteiger partial charge in [-0.1, -0.05) is 5.16 Å². The number of nitrogens with zero attached hydrogens (tertiary/aromatic N) is 2. The normalized spacial score (nSPS) is 13.0. The maximum atomic E-state index is 12.1. The predicted octanol–water partition coefficient (Wildman–Crippen LogP) is 0.395. The molecule has 0 aromatic rings. The van der Waals surface area contributed by atoms with E-state index in [0.29, 0.717) is 0 Å². The molecule has 0 aromatic heterocycles. The summed E-state index contributed by atoms with van der Waals surface area (Å²) in [6.07, 6.45) is 0. The van der Waals surface area contributed by atoms with Gasteiger partial charge in [-0.2, -0.15) is 0 Å². The highest BCUT2D eigenvalue weighted by Crippen LogP contribution is 2.14. The molecule has 0 aromatic carbocycles. The summed E-state index contributed by atoms with van der Waals surface area (Å²) in [5.74, 6) is -0.203. The smallest absolute Gasteiger partial charge is 0.254 e. The number of rotatable bonds is 5. The molecule has 0 aliphatic heterocycles. The fourth-order valence-corrected chi connectivity index (χ4v) is 1.13. The quantitative estimate of drug-likeness (QED) is 0.310. The van der Waals surface area contributed by atoms with Gasteiger partial charge in [0.2, 0.25) is 0 Å². The fourth-order valence-electron chi connectivity index (χ4n) is 1.13. The number of amides is 1. The number of ether oxygens (including phenoxy) is 1. The summed E-state index contributed by atoms with van der Waals surface area (Å²) in [6.45, 7) is 7.15. The summed E-state index contributed by atoms with van der Waals surface area (Å²) in [6, 6.07) is -0.0535. The lowest BCUT2D eigenvalue weighted by atomic mass is 10.1. The summed E-state index contributed by atoms with van der Waals surface area (Å²) in [7, 11) is 1.47. The SMILES string of the molecule is COC(C)(C)C(=O)N(CC(N)=NO)C(C)C. The molecule has 0 saturated heterocycles. The zero-order valence-corrected chi connectivity index (χ0v) is 10.5. The van der Waals surface area contributed by atoms with E-state index in [0.717, 1.165) is 0 Å². The van der Waals surface area contributed by atoms with E-state index in [2.05, 4.69) is 5.16 Å². The first kappa shape index (κ1) is 14.7. The van der Waals surface area contributed by atoms with Gasteiger partial charge in [0.05, 0.1) is 6.54 Å². The fraction of sp³-hybridized carbons (Fsp3) is 0.800. The zero-order valence-electron chi connectivity index (χ0n) is 10.5. The average Bonchev–Trinajstić information content (AvgIpc) is 2.23. The van der Waals surface area contributed by atoms with E-state index in [1.807, 2.05) is 13.8 Å². The van der Waals surface area contributed by atoms with Crippen LogP contribution < -0.4 is 5.73 Å². The van der Waals surface area contributed by atoms with Crippen LogP contribution in [0.1, 0.15) is 27.7 Å². The standard InChI is InChI=1S/C10H21N3O3/c1-7(2)13(6-8(11)12-15)9(14)10(3,4)16-5/h7,15H,6H2,1-5H3,(H2,11,12). The monoisotopic (exact) mass is 231 g/mol. The Morgan fingerprint density at radius 1 is 1.56 bits per heavy atom. The van der Waals surface area contributed by atoms with Gasteiger partial charge in [0.25, 0.3) is 5.91 Å². The molecule has 16 heavy (non-hydrogen) atoms. The average molecular weight is 231 g/mol. The summed E-state index contributed by atoms with van der Waals surface area (Å²) in [5.41, 5.74) is 4.48. The van der Waals surface area contributed by atoms with Crippen LogP contribution in [0.3, 0.4) is 0 Å². The van der Waals surface area contributed by atoms with Gasteiger partial charge < -0.3 is 20.6 Å². The van der Waals surface area contributed by atoms with Gasteiger partial charge >= 0.3 is 0 Å². The molecule has 0 fully saturated rings.